The van der Waals surface area contributed by atoms with Crippen molar-refractivity contribution in [3.05, 3.63) is 68.1 Å². The van der Waals surface area contributed by atoms with Crippen molar-refractivity contribution in [2.45, 2.75) is 13.0 Å². The molecular formula is C15H11BrCl2O2. The Labute approximate surface area is 135 Å². The summed E-state index contributed by atoms with van der Waals surface area (Å²) in [6.45, 7) is 0.211. The second kappa shape index (κ2) is 7.11. The van der Waals surface area contributed by atoms with E-state index >= 15 is 0 Å². The van der Waals surface area contributed by atoms with Gasteiger partial charge in [0.15, 0.2) is 0 Å². The minimum absolute atomic E-state index is 0.0585. The number of esters is 1. The van der Waals surface area contributed by atoms with E-state index in [1.165, 1.54) is 0 Å². The molecule has 104 valence electrons. The molecule has 0 atom stereocenters. The Morgan fingerprint density at radius 3 is 2.35 bits per heavy atom. The highest BCUT2D eigenvalue weighted by Gasteiger charge is 2.12. The number of ether oxygens (including phenoxy) is 1. The first kappa shape index (κ1) is 15.4. The van der Waals surface area contributed by atoms with Crippen molar-refractivity contribution in [1.29, 1.82) is 0 Å². The maximum absolute atomic E-state index is 11.8. The van der Waals surface area contributed by atoms with Crippen LogP contribution >= 0.6 is 39.1 Å². The molecule has 0 bridgehead atoms. The van der Waals surface area contributed by atoms with Crippen LogP contribution in [0.4, 0.5) is 0 Å². The second-order valence-electron chi connectivity index (χ2n) is 4.13. The summed E-state index contributed by atoms with van der Waals surface area (Å²) in [5.74, 6) is -0.365. The lowest BCUT2D eigenvalue weighted by atomic mass is 10.1. The molecule has 0 spiro atoms. The summed E-state index contributed by atoms with van der Waals surface area (Å²) in [6.07, 6.45) is 0.0585. The van der Waals surface area contributed by atoms with E-state index in [0.29, 0.717) is 15.6 Å². The van der Waals surface area contributed by atoms with Gasteiger partial charge in [-0.2, -0.15) is 0 Å². The van der Waals surface area contributed by atoms with E-state index in [0.717, 1.165) is 10.0 Å². The lowest BCUT2D eigenvalue weighted by Gasteiger charge is -2.08. The molecule has 0 N–H and O–H groups in total. The molecule has 5 heteroatoms. The summed E-state index contributed by atoms with van der Waals surface area (Å²) in [6, 6.07) is 12.7. The zero-order chi connectivity index (χ0) is 14.5. The van der Waals surface area contributed by atoms with Gasteiger partial charge in [-0.1, -0.05) is 63.4 Å². The van der Waals surface area contributed by atoms with E-state index in [1.54, 1.807) is 18.2 Å². The Bertz CT molecular complexity index is 609. The smallest absolute Gasteiger partial charge is 0.310 e. The Balaban J connectivity index is 1.98. The third-order valence-electron chi connectivity index (χ3n) is 2.73. The largest absolute Gasteiger partial charge is 0.461 e. The highest BCUT2D eigenvalue weighted by Crippen LogP contribution is 2.25. The average molecular weight is 374 g/mol. The molecule has 0 unspecified atom stereocenters. The van der Waals surface area contributed by atoms with E-state index in [9.17, 15) is 4.79 Å². The van der Waals surface area contributed by atoms with Crippen LogP contribution in [-0.2, 0) is 22.6 Å². The molecule has 0 aromatic heterocycles. The van der Waals surface area contributed by atoms with Crippen molar-refractivity contribution in [2.24, 2.45) is 0 Å². The van der Waals surface area contributed by atoms with Crippen LogP contribution in [0.25, 0.3) is 0 Å². The molecule has 2 rings (SSSR count). The van der Waals surface area contributed by atoms with E-state index < -0.39 is 0 Å². The molecule has 2 nitrogen and oxygen atoms in total. The molecular weight excluding hydrogens is 363 g/mol. The van der Waals surface area contributed by atoms with Gasteiger partial charge in [0.05, 0.1) is 6.42 Å². The highest BCUT2D eigenvalue weighted by molar-refractivity contribution is 9.10. The fraction of sp³-hybridized carbons (Fsp3) is 0.133. The van der Waals surface area contributed by atoms with Crippen molar-refractivity contribution in [2.75, 3.05) is 0 Å². The molecule has 0 saturated carbocycles. The number of carbonyl (C=O) groups excluding carboxylic acids is 1. The van der Waals surface area contributed by atoms with Crippen LogP contribution in [0.15, 0.2) is 46.9 Å². The van der Waals surface area contributed by atoms with Crippen LogP contribution in [0.3, 0.4) is 0 Å². The van der Waals surface area contributed by atoms with Gasteiger partial charge in [0, 0.05) is 25.6 Å². The summed E-state index contributed by atoms with van der Waals surface area (Å²) in [4.78, 5) is 11.8. The number of rotatable bonds is 4. The van der Waals surface area contributed by atoms with Crippen LogP contribution in [0.5, 0.6) is 0 Å². The maximum atomic E-state index is 11.8. The predicted octanol–water partition coefficient (Wildman–Crippen LogP) is 5.04. The molecule has 0 fully saturated rings. The van der Waals surface area contributed by atoms with E-state index in [2.05, 4.69) is 15.9 Å². The van der Waals surface area contributed by atoms with Crippen molar-refractivity contribution in [3.8, 4) is 0 Å². The summed E-state index contributed by atoms with van der Waals surface area (Å²) < 4.78 is 6.14. The van der Waals surface area contributed by atoms with Crippen LogP contribution in [0, 0.1) is 0 Å². The van der Waals surface area contributed by atoms with Crippen molar-refractivity contribution >= 4 is 45.1 Å². The van der Waals surface area contributed by atoms with Gasteiger partial charge in [-0.15, -0.1) is 0 Å². The van der Waals surface area contributed by atoms with Gasteiger partial charge < -0.3 is 4.74 Å². The quantitative estimate of drug-likeness (QED) is 0.701. The van der Waals surface area contributed by atoms with Gasteiger partial charge in [-0.25, -0.2) is 0 Å². The monoisotopic (exact) mass is 372 g/mol. The molecule has 2 aromatic carbocycles. The van der Waals surface area contributed by atoms with Crippen LogP contribution in [0.1, 0.15) is 11.1 Å². The number of hydrogen-bond acceptors (Lipinski definition) is 2. The standard InChI is InChI=1S/C15H11BrCl2O2/c16-12-5-2-1-4-10(12)9-20-15(19)8-11-13(17)6-3-7-14(11)18/h1-7H,8-9H2. The zero-order valence-electron chi connectivity index (χ0n) is 10.4. The summed E-state index contributed by atoms with van der Waals surface area (Å²) in [5.41, 5.74) is 1.50. The highest BCUT2D eigenvalue weighted by atomic mass is 79.9. The summed E-state index contributed by atoms with van der Waals surface area (Å²) >= 11 is 15.4. The first-order valence-corrected chi connectivity index (χ1v) is 7.44. The molecule has 0 aliphatic heterocycles. The first-order valence-electron chi connectivity index (χ1n) is 5.90. The summed E-state index contributed by atoms with van der Waals surface area (Å²) in [7, 11) is 0. The molecule has 0 radical (unpaired) electrons. The van der Waals surface area contributed by atoms with Crippen molar-refractivity contribution < 1.29 is 9.53 Å². The van der Waals surface area contributed by atoms with Gasteiger partial charge in [-0.3, -0.25) is 4.79 Å². The summed E-state index contributed by atoms with van der Waals surface area (Å²) in [5, 5.41) is 0.936. The van der Waals surface area contributed by atoms with Gasteiger partial charge in [0.2, 0.25) is 0 Å². The van der Waals surface area contributed by atoms with E-state index in [4.69, 9.17) is 27.9 Å². The molecule has 20 heavy (non-hydrogen) atoms. The third kappa shape index (κ3) is 3.98. The molecule has 0 aliphatic rings. The molecule has 0 heterocycles. The van der Waals surface area contributed by atoms with Crippen molar-refractivity contribution in [1.82, 2.24) is 0 Å². The first-order chi connectivity index (χ1) is 9.58. The number of halogens is 3. The topological polar surface area (TPSA) is 26.3 Å². The normalized spacial score (nSPS) is 10.3. The number of benzene rings is 2. The minimum Gasteiger partial charge on any atom is -0.461 e. The van der Waals surface area contributed by atoms with Gasteiger partial charge in [0.1, 0.15) is 6.61 Å². The third-order valence-corrected chi connectivity index (χ3v) is 4.21. The fourth-order valence-electron chi connectivity index (χ4n) is 1.67. The van der Waals surface area contributed by atoms with Crippen molar-refractivity contribution in [3.63, 3.8) is 0 Å². The Morgan fingerprint density at radius 2 is 1.70 bits per heavy atom. The van der Waals surface area contributed by atoms with E-state index in [1.807, 2.05) is 24.3 Å². The molecule has 0 aliphatic carbocycles. The minimum atomic E-state index is -0.365. The van der Waals surface area contributed by atoms with Crippen LogP contribution < -0.4 is 0 Å². The SMILES string of the molecule is O=C(Cc1c(Cl)cccc1Cl)OCc1ccccc1Br. The van der Waals surface area contributed by atoms with Gasteiger partial charge in [-0.05, 0) is 18.2 Å². The van der Waals surface area contributed by atoms with Crippen LogP contribution in [-0.4, -0.2) is 5.97 Å². The Hall–Kier alpha value is -1.03. The number of hydrogen-bond donors (Lipinski definition) is 0. The predicted molar refractivity (Wildman–Crippen MR) is 84.1 cm³/mol. The maximum Gasteiger partial charge on any atom is 0.310 e. The lowest BCUT2D eigenvalue weighted by molar-refractivity contribution is -0.144. The zero-order valence-corrected chi connectivity index (χ0v) is 13.5. The van der Waals surface area contributed by atoms with Gasteiger partial charge >= 0.3 is 5.97 Å². The molecule has 0 amide bonds. The van der Waals surface area contributed by atoms with Crippen LogP contribution in [0.2, 0.25) is 10.0 Å². The second-order valence-corrected chi connectivity index (χ2v) is 5.80. The Morgan fingerprint density at radius 1 is 1.05 bits per heavy atom. The van der Waals surface area contributed by atoms with E-state index in [-0.39, 0.29) is 19.0 Å². The Kier molecular flexibility index (Phi) is 5.46. The molecule has 2 aromatic rings. The number of carbonyl (C=O) groups is 1. The fourth-order valence-corrected chi connectivity index (χ4v) is 2.60. The molecule has 0 saturated heterocycles. The lowest BCUT2D eigenvalue weighted by Crippen LogP contribution is -2.09. The van der Waals surface area contributed by atoms with Gasteiger partial charge in [0.25, 0.3) is 0 Å². The average Bonchev–Trinajstić information content (AvgIpc) is 2.42.